The highest BCUT2D eigenvalue weighted by atomic mass is 32.1. The molecule has 0 radical (unpaired) electrons. The molecule has 0 N–H and O–H groups in total. The van der Waals surface area contributed by atoms with E-state index < -0.39 is 5.24 Å². The molecule has 2 amide bonds. The molecule has 148 valence electrons. The fraction of sp³-hybridized carbons (Fsp3) is 0.478. The monoisotopic (exact) mass is 387 g/mol. The number of imide groups is 1. The molecule has 0 unspecified atom stereocenters. The van der Waals surface area contributed by atoms with Gasteiger partial charge >= 0.3 is 0 Å². The van der Waals surface area contributed by atoms with Crippen molar-refractivity contribution < 1.29 is 9.59 Å². The molecule has 0 aliphatic heterocycles. The van der Waals surface area contributed by atoms with Crippen LogP contribution in [0.2, 0.25) is 0 Å². The smallest absolute Gasteiger partial charge is 0.270 e. The Hall–Kier alpha value is -1.81. The zero-order valence-corrected chi connectivity index (χ0v) is 18.4. The van der Waals surface area contributed by atoms with Crippen LogP contribution in [0.4, 0.5) is 4.79 Å². The number of rotatable bonds is 6. The molecule has 0 spiro atoms. The van der Waals surface area contributed by atoms with Gasteiger partial charge in [-0.15, -0.1) is 0 Å². The summed E-state index contributed by atoms with van der Waals surface area (Å²) in [5.41, 5.74) is 5.11. The summed E-state index contributed by atoms with van der Waals surface area (Å²) in [5, 5.41) is -0.536. The van der Waals surface area contributed by atoms with Crippen LogP contribution < -0.4 is 0 Å². The second-order valence-corrected chi connectivity index (χ2v) is 8.17. The van der Waals surface area contributed by atoms with Crippen LogP contribution in [-0.4, -0.2) is 22.6 Å². The van der Waals surface area contributed by atoms with Gasteiger partial charge in [-0.1, -0.05) is 68.0 Å². The average molecular weight is 388 g/mol. The van der Waals surface area contributed by atoms with Gasteiger partial charge in [0.25, 0.3) is 11.1 Å². The summed E-state index contributed by atoms with van der Waals surface area (Å²) in [4.78, 5) is 24.4. The Morgan fingerprint density at radius 1 is 1.19 bits per heavy atom. The first-order valence-corrected chi connectivity index (χ1v) is 9.99. The van der Waals surface area contributed by atoms with E-state index in [1.54, 1.807) is 6.92 Å². The van der Waals surface area contributed by atoms with Crippen molar-refractivity contribution in [2.75, 3.05) is 6.54 Å². The van der Waals surface area contributed by atoms with Gasteiger partial charge in [0.1, 0.15) is 0 Å². The number of thiol groups is 1. The quantitative estimate of drug-likeness (QED) is 0.324. The maximum Gasteiger partial charge on any atom is 0.285 e. The molecule has 0 heterocycles. The fourth-order valence-corrected chi connectivity index (χ4v) is 3.58. The molecular formula is C23H33NO2S. The van der Waals surface area contributed by atoms with Crippen molar-refractivity contribution in [2.24, 2.45) is 5.41 Å². The largest absolute Gasteiger partial charge is 0.285 e. The van der Waals surface area contributed by atoms with E-state index in [2.05, 4.69) is 52.5 Å². The van der Waals surface area contributed by atoms with Gasteiger partial charge in [-0.2, -0.15) is 0 Å². The molecule has 0 aromatic carbocycles. The van der Waals surface area contributed by atoms with Crippen LogP contribution in [0.25, 0.3) is 0 Å². The molecule has 1 rings (SSSR count). The molecule has 4 heteroatoms. The van der Waals surface area contributed by atoms with E-state index in [1.807, 2.05) is 25.2 Å². The zero-order valence-electron chi connectivity index (χ0n) is 17.5. The Bertz CT molecular complexity index is 721. The van der Waals surface area contributed by atoms with Gasteiger partial charge < -0.3 is 0 Å². The third-order valence-electron chi connectivity index (χ3n) is 4.94. The van der Waals surface area contributed by atoms with Crippen molar-refractivity contribution in [3.8, 4) is 0 Å². The number of likely N-dealkylation sites (N-methyl/N-ethyl adjacent to an activating group) is 1. The Morgan fingerprint density at radius 3 is 2.41 bits per heavy atom. The van der Waals surface area contributed by atoms with Crippen LogP contribution in [0.3, 0.4) is 0 Å². The average Bonchev–Trinajstić information content (AvgIpc) is 2.53. The standard InChI is InChI=1S/C23H33NO2S/c1-7-24(22(26)27)21(25)16-18(3)11-8-10-17(2)13-14-20-19(4)12-9-15-23(20,5)6/h8,10-11,13-14,16H,7,9,12,15H2,1-6H3,(H,26,27)/b11-8+,14-13+,17-10+,18-16+. The van der Waals surface area contributed by atoms with Gasteiger partial charge in [-0.3, -0.25) is 14.5 Å². The number of carbonyl (C=O) groups is 2. The summed E-state index contributed by atoms with van der Waals surface area (Å²) in [6.45, 7) is 12.8. The number of allylic oxidation sites excluding steroid dienone is 9. The molecule has 0 aromatic rings. The summed E-state index contributed by atoms with van der Waals surface area (Å²) < 4.78 is 0. The van der Waals surface area contributed by atoms with E-state index in [9.17, 15) is 9.59 Å². The maximum atomic E-state index is 12.0. The molecule has 0 saturated carbocycles. The minimum atomic E-state index is -0.536. The van der Waals surface area contributed by atoms with Crippen LogP contribution in [0.1, 0.15) is 60.8 Å². The predicted molar refractivity (Wildman–Crippen MR) is 118 cm³/mol. The molecule has 0 fully saturated rings. The van der Waals surface area contributed by atoms with Crippen LogP contribution in [0.15, 0.2) is 58.7 Å². The number of amides is 2. The van der Waals surface area contributed by atoms with Gasteiger partial charge in [-0.05, 0) is 63.5 Å². The second kappa shape index (κ2) is 10.5. The molecule has 3 nitrogen and oxygen atoms in total. The van der Waals surface area contributed by atoms with Gasteiger partial charge in [0.2, 0.25) is 0 Å². The van der Waals surface area contributed by atoms with Crippen molar-refractivity contribution in [2.45, 2.75) is 60.8 Å². The highest BCUT2D eigenvalue weighted by Crippen LogP contribution is 2.40. The second-order valence-electron chi connectivity index (χ2n) is 7.79. The van der Waals surface area contributed by atoms with Crippen LogP contribution >= 0.6 is 12.6 Å². The molecule has 1 aliphatic rings. The minimum Gasteiger partial charge on any atom is -0.270 e. The third-order valence-corrected chi connectivity index (χ3v) is 5.18. The summed E-state index contributed by atoms with van der Waals surface area (Å²) in [5.74, 6) is -0.345. The van der Waals surface area contributed by atoms with Crippen molar-refractivity contribution in [3.05, 3.63) is 58.7 Å². The Kier molecular flexibility index (Phi) is 9.04. The van der Waals surface area contributed by atoms with Crippen LogP contribution in [-0.2, 0) is 4.79 Å². The van der Waals surface area contributed by atoms with Crippen molar-refractivity contribution in [1.82, 2.24) is 4.90 Å². The van der Waals surface area contributed by atoms with E-state index in [-0.39, 0.29) is 11.3 Å². The van der Waals surface area contributed by atoms with Gasteiger partial charge in [-0.25, -0.2) is 0 Å². The summed E-state index contributed by atoms with van der Waals surface area (Å²) in [6, 6.07) is 0. The van der Waals surface area contributed by atoms with E-state index >= 15 is 0 Å². The van der Waals surface area contributed by atoms with E-state index in [4.69, 9.17) is 0 Å². The van der Waals surface area contributed by atoms with Crippen LogP contribution in [0.5, 0.6) is 0 Å². The zero-order chi connectivity index (χ0) is 20.6. The SMILES string of the molecule is CCN(C(=O)S)C(=O)/C=C(C)/C=C/C=C(C)/C=C/C1=C(C)CCCC1(C)C. The number of hydrogen-bond acceptors (Lipinski definition) is 2. The van der Waals surface area contributed by atoms with E-state index in [0.29, 0.717) is 6.54 Å². The lowest BCUT2D eigenvalue weighted by Crippen LogP contribution is -2.31. The highest BCUT2D eigenvalue weighted by Gasteiger charge is 2.26. The van der Waals surface area contributed by atoms with Gasteiger partial charge in [0.15, 0.2) is 0 Å². The third kappa shape index (κ3) is 7.37. The Morgan fingerprint density at radius 2 is 1.85 bits per heavy atom. The summed E-state index contributed by atoms with van der Waals surface area (Å²) >= 11 is 3.72. The van der Waals surface area contributed by atoms with Crippen molar-refractivity contribution in [3.63, 3.8) is 0 Å². The van der Waals surface area contributed by atoms with Crippen molar-refractivity contribution >= 4 is 23.8 Å². The molecule has 27 heavy (non-hydrogen) atoms. The van der Waals surface area contributed by atoms with E-state index in [0.717, 1.165) is 16.0 Å². The molecule has 0 bridgehead atoms. The lowest BCUT2D eigenvalue weighted by atomic mass is 9.72. The summed E-state index contributed by atoms with van der Waals surface area (Å²) in [7, 11) is 0. The van der Waals surface area contributed by atoms with Gasteiger partial charge in [0.05, 0.1) is 0 Å². The van der Waals surface area contributed by atoms with E-state index in [1.165, 1.54) is 36.5 Å². The van der Waals surface area contributed by atoms with Crippen LogP contribution in [0, 0.1) is 5.41 Å². The topological polar surface area (TPSA) is 37.4 Å². The summed E-state index contributed by atoms with van der Waals surface area (Å²) in [6.07, 6.45) is 15.3. The Balaban J connectivity index is 2.79. The molecule has 1 aliphatic carbocycles. The lowest BCUT2D eigenvalue weighted by molar-refractivity contribution is -0.122. The molecule has 0 atom stereocenters. The highest BCUT2D eigenvalue weighted by molar-refractivity contribution is 7.96. The number of hydrogen-bond donors (Lipinski definition) is 1. The molecular weight excluding hydrogens is 354 g/mol. The number of carbonyl (C=O) groups excluding carboxylic acids is 2. The minimum absolute atomic E-state index is 0.240. The Labute approximate surface area is 170 Å². The molecule has 0 aromatic heterocycles. The normalized spacial score (nSPS) is 18.5. The first-order chi connectivity index (χ1) is 12.6. The first-order valence-electron chi connectivity index (χ1n) is 9.54. The number of nitrogens with zero attached hydrogens (tertiary/aromatic N) is 1. The lowest BCUT2D eigenvalue weighted by Gasteiger charge is -2.32. The fourth-order valence-electron chi connectivity index (χ4n) is 3.34. The predicted octanol–water partition coefficient (Wildman–Crippen LogP) is 6.42. The van der Waals surface area contributed by atoms with Gasteiger partial charge in [0, 0.05) is 12.6 Å². The molecule has 0 saturated heterocycles. The first kappa shape index (κ1) is 23.2. The maximum absolute atomic E-state index is 12.0. The van der Waals surface area contributed by atoms with Crippen molar-refractivity contribution in [1.29, 1.82) is 0 Å².